The number of hydrogen-bond donors (Lipinski definition) is 3. The molecule has 28 heavy (non-hydrogen) atoms. The minimum Gasteiger partial charge on any atom is -0.493 e. The van der Waals surface area contributed by atoms with E-state index >= 15 is 0 Å². The summed E-state index contributed by atoms with van der Waals surface area (Å²) < 4.78 is 10.5. The first-order chi connectivity index (χ1) is 13.5. The van der Waals surface area contributed by atoms with Crippen LogP contribution in [0.4, 0.5) is 23.1 Å². The predicted molar refractivity (Wildman–Crippen MR) is 106 cm³/mol. The van der Waals surface area contributed by atoms with Crippen LogP contribution in [0.5, 0.6) is 11.5 Å². The number of anilines is 4. The maximum Gasteiger partial charge on any atom is 0.335 e. The molecule has 1 heterocycles. The minimum atomic E-state index is -0.988. The van der Waals surface area contributed by atoms with E-state index in [9.17, 15) is 4.79 Å². The van der Waals surface area contributed by atoms with E-state index in [2.05, 4.69) is 20.6 Å². The topological polar surface area (TPSA) is 106 Å². The lowest BCUT2D eigenvalue weighted by molar-refractivity contribution is 0.0697. The SMILES string of the molecule is COc1ccc(Nc2nc(C)cc(Nc3cccc(C(=O)O)c3)n2)cc1OC. The van der Waals surface area contributed by atoms with E-state index < -0.39 is 5.97 Å². The third kappa shape index (κ3) is 4.47. The normalized spacial score (nSPS) is 10.2. The summed E-state index contributed by atoms with van der Waals surface area (Å²) in [6.45, 7) is 1.85. The Bertz CT molecular complexity index is 1010. The van der Waals surface area contributed by atoms with Crippen molar-refractivity contribution < 1.29 is 19.4 Å². The molecule has 0 saturated heterocycles. The van der Waals surface area contributed by atoms with Gasteiger partial charge in [-0.1, -0.05) is 6.07 Å². The maximum atomic E-state index is 11.1. The van der Waals surface area contributed by atoms with Gasteiger partial charge in [0.15, 0.2) is 11.5 Å². The Morgan fingerprint density at radius 3 is 2.39 bits per heavy atom. The average molecular weight is 380 g/mol. The van der Waals surface area contributed by atoms with Crippen molar-refractivity contribution in [1.82, 2.24) is 9.97 Å². The first-order valence-corrected chi connectivity index (χ1v) is 8.43. The van der Waals surface area contributed by atoms with Crippen LogP contribution >= 0.6 is 0 Å². The zero-order chi connectivity index (χ0) is 20.1. The highest BCUT2D eigenvalue weighted by atomic mass is 16.5. The monoisotopic (exact) mass is 380 g/mol. The standard InChI is InChI=1S/C20H20N4O4/c1-12-9-18(22-14-6-4-5-13(10-14)19(25)26)24-20(21-12)23-15-7-8-16(27-2)17(11-15)28-3/h4-11H,1-3H3,(H,25,26)(H2,21,22,23,24). The number of hydrogen-bond acceptors (Lipinski definition) is 7. The van der Waals surface area contributed by atoms with Crippen LogP contribution in [-0.2, 0) is 0 Å². The number of nitrogens with one attached hydrogen (secondary N) is 2. The molecular weight excluding hydrogens is 360 g/mol. The molecule has 0 saturated carbocycles. The summed E-state index contributed by atoms with van der Waals surface area (Å²) in [6.07, 6.45) is 0. The number of methoxy groups -OCH3 is 2. The summed E-state index contributed by atoms with van der Waals surface area (Å²) in [4.78, 5) is 20.0. The summed E-state index contributed by atoms with van der Waals surface area (Å²) >= 11 is 0. The van der Waals surface area contributed by atoms with Crippen LogP contribution in [0.2, 0.25) is 0 Å². The second-order valence-corrected chi connectivity index (χ2v) is 5.92. The molecule has 3 N–H and O–H groups in total. The molecule has 0 fully saturated rings. The average Bonchev–Trinajstić information content (AvgIpc) is 2.67. The Kier molecular flexibility index (Phi) is 5.59. The summed E-state index contributed by atoms with van der Waals surface area (Å²) in [5.41, 5.74) is 2.30. The molecule has 0 atom stereocenters. The molecular formula is C20H20N4O4. The van der Waals surface area contributed by atoms with Crippen molar-refractivity contribution in [3.05, 3.63) is 59.8 Å². The quantitative estimate of drug-likeness (QED) is 0.565. The van der Waals surface area contributed by atoms with Gasteiger partial charge in [0.25, 0.3) is 0 Å². The number of aromatic carboxylic acids is 1. The number of nitrogens with zero attached hydrogens (tertiary/aromatic N) is 2. The molecule has 8 heteroatoms. The lowest BCUT2D eigenvalue weighted by Crippen LogP contribution is -2.03. The number of carboxylic acid groups (broad SMARTS) is 1. The van der Waals surface area contributed by atoms with Crippen LogP contribution in [0.15, 0.2) is 48.5 Å². The van der Waals surface area contributed by atoms with Crippen LogP contribution in [0.25, 0.3) is 0 Å². The highest BCUT2D eigenvalue weighted by Crippen LogP contribution is 2.31. The van der Waals surface area contributed by atoms with E-state index in [1.54, 1.807) is 50.6 Å². The number of carboxylic acids is 1. The fourth-order valence-corrected chi connectivity index (χ4v) is 2.61. The van der Waals surface area contributed by atoms with Gasteiger partial charge in [-0.3, -0.25) is 0 Å². The summed E-state index contributed by atoms with van der Waals surface area (Å²) in [5, 5.41) is 15.4. The molecule has 0 spiro atoms. The number of benzene rings is 2. The number of rotatable bonds is 7. The number of aromatic nitrogens is 2. The van der Waals surface area contributed by atoms with Crippen LogP contribution in [0.1, 0.15) is 16.1 Å². The van der Waals surface area contributed by atoms with Crippen molar-refractivity contribution in [2.75, 3.05) is 24.9 Å². The van der Waals surface area contributed by atoms with Crippen molar-refractivity contribution in [2.24, 2.45) is 0 Å². The number of ether oxygens (including phenoxy) is 2. The zero-order valence-electron chi connectivity index (χ0n) is 15.7. The first-order valence-electron chi connectivity index (χ1n) is 8.43. The minimum absolute atomic E-state index is 0.194. The Morgan fingerprint density at radius 1 is 0.929 bits per heavy atom. The van der Waals surface area contributed by atoms with E-state index in [0.717, 1.165) is 11.4 Å². The second kappa shape index (κ2) is 8.26. The third-order valence-electron chi connectivity index (χ3n) is 3.88. The van der Waals surface area contributed by atoms with E-state index in [1.807, 2.05) is 13.0 Å². The Morgan fingerprint density at radius 2 is 1.68 bits per heavy atom. The number of carbonyl (C=O) groups is 1. The third-order valence-corrected chi connectivity index (χ3v) is 3.88. The maximum absolute atomic E-state index is 11.1. The van der Waals surface area contributed by atoms with Crippen molar-refractivity contribution in [3.8, 4) is 11.5 Å². The van der Waals surface area contributed by atoms with Gasteiger partial charge < -0.3 is 25.2 Å². The summed E-state index contributed by atoms with van der Waals surface area (Å²) in [7, 11) is 3.14. The van der Waals surface area contributed by atoms with Gasteiger partial charge in [0.1, 0.15) is 5.82 Å². The largest absolute Gasteiger partial charge is 0.493 e. The molecule has 0 amide bonds. The molecule has 0 aliphatic heterocycles. The van der Waals surface area contributed by atoms with E-state index in [0.29, 0.717) is 29.0 Å². The lowest BCUT2D eigenvalue weighted by atomic mass is 10.2. The van der Waals surface area contributed by atoms with Crippen LogP contribution in [-0.4, -0.2) is 35.3 Å². The van der Waals surface area contributed by atoms with Gasteiger partial charge in [0, 0.05) is 29.2 Å². The Balaban J connectivity index is 1.84. The van der Waals surface area contributed by atoms with E-state index in [1.165, 1.54) is 6.07 Å². The van der Waals surface area contributed by atoms with E-state index in [4.69, 9.17) is 14.6 Å². The van der Waals surface area contributed by atoms with Gasteiger partial charge in [-0.2, -0.15) is 4.98 Å². The second-order valence-electron chi connectivity index (χ2n) is 5.92. The van der Waals surface area contributed by atoms with Gasteiger partial charge in [0.2, 0.25) is 5.95 Å². The smallest absolute Gasteiger partial charge is 0.335 e. The fraction of sp³-hybridized carbons (Fsp3) is 0.150. The van der Waals surface area contributed by atoms with Crippen LogP contribution in [0.3, 0.4) is 0 Å². The molecule has 3 rings (SSSR count). The molecule has 3 aromatic rings. The molecule has 2 aromatic carbocycles. The van der Waals surface area contributed by atoms with Crippen LogP contribution < -0.4 is 20.1 Å². The molecule has 1 aromatic heterocycles. The van der Waals surface area contributed by atoms with E-state index in [-0.39, 0.29) is 5.56 Å². The van der Waals surface area contributed by atoms with Crippen molar-refractivity contribution >= 4 is 29.1 Å². The van der Waals surface area contributed by atoms with Gasteiger partial charge in [-0.05, 0) is 37.3 Å². The lowest BCUT2D eigenvalue weighted by Gasteiger charge is -2.12. The molecule has 144 valence electrons. The molecule has 8 nitrogen and oxygen atoms in total. The Hall–Kier alpha value is -3.81. The van der Waals surface area contributed by atoms with Gasteiger partial charge in [-0.25, -0.2) is 9.78 Å². The summed E-state index contributed by atoms with van der Waals surface area (Å²) in [5.74, 6) is 1.16. The Labute approximate surface area is 162 Å². The molecule has 0 bridgehead atoms. The van der Waals surface area contributed by atoms with Crippen LogP contribution in [0, 0.1) is 6.92 Å². The van der Waals surface area contributed by atoms with Crippen molar-refractivity contribution in [3.63, 3.8) is 0 Å². The highest BCUT2D eigenvalue weighted by Gasteiger charge is 2.08. The van der Waals surface area contributed by atoms with Gasteiger partial charge in [0.05, 0.1) is 19.8 Å². The molecule has 0 unspecified atom stereocenters. The first kappa shape index (κ1) is 19.0. The highest BCUT2D eigenvalue weighted by molar-refractivity contribution is 5.89. The van der Waals surface area contributed by atoms with Gasteiger partial charge >= 0.3 is 5.97 Å². The number of aryl methyl sites for hydroxylation is 1. The van der Waals surface area contributed by atoms with Gasteiger partial charge in [-0.15, -0.1) is 0 Å². The van der Waals surface area contributed by atoms with Crippen molar-refractivity contribution in [2.45, 2.75) is 6.92 Å². The fourth-order valence-electron chi connectivity index (χ4n) is 2.61. The molecule has 0 aliphatic rings. The molecule has 0 radical (unpaired) electrons. The predicted octanol–water partition coefficient (Wildman–Crippen LogP) is 3.99. The van der Waals surface area contributed by atoms with Crippen molar-refractivity contribution in [1.29, 1.82) is 0 Å². The molecule has 0 aliphatic carbocycles. The summed E-state index contributed by atoms with van der Waals surface area (Å²) in [6, 6.07) is 13.7. The zero-order valence-corrected chi connectivity index (χ0v) is 15.7.